The zero-order valence-electron chi connectivity index (χ0n) is 18.1. The van der Waals surface area contributed by atoms with Crippen LogP contribution in [0.3, 0.4) is 0 Å². The molecule has 31 heavy (non-hydrogen) atoms. The summed E-state index contributed by atoms with van der Waals surface area (Å²) >= 11 is 0. The second-order valence-corrected chi connectivity index (χ2v) is 7.45. The second-order valence-electron chi connectivity index (χ2n) is 7.45. The molecule has 6 heteroatoms. The zero-order chi connectivity index (χ0) is 22.1. The van der Waals surface area contributed by atoms with Gasteiger partial charge < -0.3 is 20.1 Å². The molecule has 0 unspecified atom stereocenters. The topological polar surface area (TPSA) is 82.5 Å². The minimum atomic E-state index is -0.185. The molecule has 1 aromatic heterocycles. The molecule has 0 radical (unpaired) electrons. The number of anilines is 1. The number of H-pyrrole nitrogens is 1. The smallest absolute Gasteiger partial charge is 0.145 e. The molecule has 0 atom stereocenters. The van der Waals surface area contributed by atoms with Gasteiger partial charge in [0.15, 0.2) is 0 Å². The van der Waals surface area contributed by atoms with Crippen molar-refractivity contribution < 1.29 is 9.84 Å². The van der Waals surface area contributed by atoms with E-state index in [0.29, 0.717) is 6.67 Å². The number of rotatable bonds is 5. The molecule has 4 rings (SSSR count). The molecule has 6 nitrogen and oxygen atoms in total. The number of hydrogen-bond donors (Lipinski definition) is 3. The van der Waals surface area contributed by atoms with Gasteiger partial charge in [-0.05, 0) is 69.4 Å². The lowest BCUT2D eigenvalue weighted by molar-refractivity contribution is 0.0379. The Bertz CT molecular complexity index is 1030. The highest BCUT2D eigenvalue weighted by molar-refractivity contribution is 6.14. The van der Waals surface area contributed by atoms with Crippen molar-refractivity contribution in [2.24, 2.45) is 4.99 Å². The van der Waals surface area contributed by atoms with Crippen molar-refractivity contribution in [1.29, 1.82) is 0 Å². The average molecular weight is 419 g/mol. The van der Waals surface area contributed by atoms with Gasteiger partial charge in [0, 0.05) is 5.69 Å². The van der Waals surface area contributed by atoms with E-state index in [-0.39, 0.29) is 12.2 Å². The highest BCUT2D eigenvalue weighted by Crippen LogP contribution is 2.26. The number of aliphatic imine (C=N–C) groups is 1. The van der Waals surface area contributed by atoms with Crippen LogP contribution in [0.1, 0.15) is 39.5 Å². The average Bonchev–Trinajstić information content (AvgIpc) is 3.25. The van der Waals surface area contributed by atoms with Crippen molar-refractivity contribution in [2.45, 2.75) is 51.7 Å². The molecule has 1 heterocycles. The van der Waals surface area contributed by atoms with Crippen LogP contribution >= 0.6 is 0 Å². The van der Waals surface area contributed by atoms with Gasteiger partial charge >= 0.3 is 0 Å². The molecule has 3 N–H and O–H groups in total. The first-order chi connectivity index (χ1) is 15.1. The molecule has 0 saturated heterocycles. The van der Waals surface area contributed by atoms with Crippen molar-refractivity contribution in [3.8, 4) is 12.3 Å². The van der Waals surface area contributed by atoms with Gasteiger partial charge in [0.1, 0.15) is 18.1 Å². The highest BCUT2D eigenvalue weighted by atomic mass is 16.5. The van der Waals surface area contributed by atoms with Gasteiger partial charge in [-0.25, -0.2) is 4.98 Å². The molecule has 2 aromatic rings. The number of aliphatic hydroxyl groups excluding tert-OH is 1. The van der Waals surface area contributed by atoms with Crippen LogP contribution in [0.25, 0.3) is 11.0 Å². The third-order valence-electron chi connectivity index (χ3n) is 5.22. The fourth-order valence-corrected chi connectivity index (χ4v) is 3.63. The minimum Gasteiger partial charge on any atom is -0.488 e. The lowest BCUT2D eigenvalue weighted by atomic mass is 9.94. The van der Waals surface area contributed by atoms with E-state index >= 15 is 0 Å². The SMILES string of the molecule is C#CC.C/C=C1/C=CC=C(OC2CCC(O)CC2)/C1=N/CNc1ccc2nc[nH]c2c1. The summed E-state index contributed by atoms with van der Waals surface area (Å²) in [5.74, 6) is 3.06. The number of nitrogens with zero attached hydrogens (tertiary/aromatic N) is 2. The first-order valence-corrected chi connectivity index (χ1v) is 10.6. The Hall–Kier alpha value is -3.30. The second kappa shape index (κ2) is 11.2. The Balaban J connectivity index is 0.000000858. The van der Waals surface area contributed by atoms with Crippen LogP contribution in [0.15, 0.2) is 65.2 Å². The largest absolute Gasteiger partial charge is 0.488 e. The summed E-state index contributed by atoms with van der Waals surface area (Å²) in [4.78, 5) is 12.1. The summed E-state index contributed by atoms with van der Waals surface area (Å²) in [5, 5.41) is 13.1. The van der Waals surface area contributed by atoms with Gasteiger partial charge in [-0.15, -0.1) is 12.3 Å². The van der Waals surface area contributed by atoms with E-state index < -0.39 is 0 Å². The number of allylic oxidation sites excluding steroid dienone is 5. The van der Waals surface area contributed by atoms with Gasteiger partial charge in [-0.3, -0.25) is 4.99 Å². The summed E-state index contributed by atoms with van der Waals surface area (Å²) < 4.78 is 6.26. The molecular weight excluding hydrogens is 388 g/mol. The highest BCUT2D eigenvalue weighted by Gasteiger charge is 2.24. The van der Waals surface area contributed by atoms with E-state index in [9.17, 15) is 5.11 Å². The van der Waals surface area contributed by atoms with Gasteiger partial charge in [0.2, 0.25) is 0 Å². The van der Waals surface area contributed by atoms with Crippen molar-refractivity contribution >= 4 is 22.4 Å². The van der Waals surface area contributed by atoms with Gasteiger partial charge in [0.05, 0.1) is 29.6 Å². The number of nitrogens with one attached hydrogen (secondary N) is 2. The summed E-state index contributed by atoms with van der Waals surface area (Å²) in [5.41, 5.74) is 4.85. The number of aliphatic hydroxyl groups is 1. The van der Waals surface area contributed by atoms with Gasteiger partial charge in [-0.2, -0.15) is 0 Å². The lowest BCUT2D eigenvalue weighted by Gasteiger charge is -2.28. The molecule has 0 amide bonds. The third-order valence-corrected chi connectivity index (χ3v) is 5.22. The Morgan fingerprint density at radius 1 is 1.35 bits per heavy atom. The molecule has 162 valence electrons. The molecule has 0 bridgehead atoms. The number of ether oxygens (including phenoxy) is 1. The first-order valence-electron chi connectivity index (χ1n) is 10.6. The number of hydrogen-bond acceptors (Lipinski definition) is 5. The minimum absolute atomic E-state index is 0.139. The third kappa shape index (κ3) is 6.09. The normalized spacial score (nSPS) is 23.1. The molecule has 1 fully saturated rings. The maximum absolute atomic E-state index is 9.71. The van der Waals surface area contributed by atoms with Crippen LogP contribution < -0.4 is 5.32 Å². The van der Waals surface area contributed by atoms with Crippen LogP contribution in [-0.2, 0) is 4.74 Å². The predicted octanol–water partition coefficient (Wildman–Crippen LogP) is 4.73. The monoisotopic (exact) mass is 418 g/mol. The maximum Gasteiger partial charge on any atom is 0.145 e. The predicted molar refractivity (Wildman–Crippen MR) is 127 cm³/mol. The number of benzene rings is 1. The maximum atomic E-state index is 9.71. The van der Waals surface area contributed by atoms with Crippen molar-refractivity contribution in [3.63, 3.8) is 0 Å². The molecular formula is C25H30N4O2. The van der Waals surface area contributed by atoms with Crippen molar-refractivity contribution in [2.75, 3.05) is 12.0 Å². The number of imidazole rings is 1. The lowest BCUT2D eigenvalue weighted by Crippen LogP contribution is -2.26. The van der Waals surface area contributed by atoms with E-state index in [4.69, 9.17) is 9.73 Å². The van der Waals surface area contributed by atoms with Crippen molar-refractivity contribution in [1.82, 2.24) is 9.97 Å². The first kappa shape index (κ1) is 22.4. The molecule has 0 aliphatic heterocycles. The van der Waals surface area contributed by atoms with Crippen LogP contribution in [0, 0.1) is 12.3 Å². The Labute approximate surface area is 183 Å². The van der Waals surface area contributed by atoms with Crippen molar-refractivity contribution in [3.05, 3.63) is 60.2 Å². The molecule has 2 aliphatic rings. The van der Waals surface area contributed by atoms with E-state index in [0.717, 1.165) is 59.4 Å². The zero-order valence-corrected chi connectivity index (χ0v) is 18.1. The Morgan fingerprint density at radius 2 is 2.13 bits per heavy atom. The summed E-state index contributed by atoms with van der Waals surface area (Å²) in [7, 11) is 0. The summed E-state index contributed by atoms with van der Waals surface area (Å²) in [6, 6.07) is 6.01. The van der Waals surface area contributed by atoms with Crippen LogP contribution in [0.2, 0.25) is 0 Å². The van der Waals surface area contributed by atoms with E-state index in [1.807, 2.05) is 49.4 Å². The van der Waals surface area contributed by atoms with Gasteiger partial charge in [-0.1, -0.05) is 18.2 Å². The fraction of sp³-hybridized carbons (Fsp3) is 0.360. The Kier molecular flexibility index (Phi) is 8.08. The number of terminal acetylenes is 1. The standard InChI is InChI=1S/C22H26N4O2.C3H4/c1-2-15-4-3-5-21(28-18-9-7-17(27)8-10-18)22(15)26-13-23-16-6-11-19-20(12-16)25-14-24-19;1-3-2/h2-6,11-12,14,17-18,23,27H,7-10,13H2,1H3,(H,24,25);1H,2H3/b15-2-,26-22+;. The number of aromatic amines is 1. The molecule has 1 saturated carbocycles. The summed E-state index contributed by atoms with van der Waals surface area (Å²) in [6.45, 7) is 4.11. The Morgan fingerprint density at radius 3 is 2.87 bits per heavy atom. The van der Waals surface area contributed by atoms with E-state index in [2.05, 4.69) is 27.6 Å². The quantitative estimate of drug-likeness (QED) is 0.613. The van der Waals surface area contributed by atoms with Crippen LogP contribution in [0.5, 0.6) is 0 Å². The fourth-order valence-electron chi connectivity index (χ4n) is 3.63. The van der Waals surface area contributed by atoms with Crippen LogP contribution in [-0.4, -0.2) is 39.7 Å². The van der Waals surface area contributed by atoms with Crippen LogP contribution in [0.4, 0.5) is 5.69 Å². The van der Waals surface area contributed by atoms with Gasteiger partial charge in [0.25, 0.3) is 0 Å². The summed E-state index contributed by atoms with van der Waals surface area (Å²) in [6.07, 6.45) is 17.7. The van der Waals surface area contributed by atoms with E-state index in [1.54, 1.807) is 13.3 Å². The molecule has 2 aliphatic carbocycles. The molecule has 0 spiro atoms. The van der Waals surface area contributed by atoms with E-state index in [1.165, 1.54) is 0 Å². The number of fused-ring (bicyclic) bond motifs is 1. The molecule has 1 aromatic carbocycles. The number of aromatic nitrogens is 2.